The summed E-state index contributed by atoms with van der Waals surface area (Å²) in [6, 6.07) is 17.9. The van der Waals surface area contributed by atoms with Crippen LogP contribution in [0.3, 0.4) is 0 Å². The van der Waals surface area contributed by atoms with Crippen LogP contribution in [0.5, 0.6) is 0 Å². The van der Waals surface area contributed by atoms with Gasteiger partial charge in [0.1, 0.15) is 0 Å². The third kappa shape index (κ3) is 4.56. The molecular weight excluding hydrogens is 362 g/mol. The highest BCUT2D eigenvalue weighted by Gasteiger charge is 2.21. The molecule has 1 aliphatic rings. The van der Waals surface area contributed by atoms with Gasteiger partial charge in [0, 0.05) is 11.8 Å². The average molecular weight is 389 g/mol. The molecule has 29 heavy (non-hydrogen) atoms. The molecule has 1 amide bonds. The van der Waals surface area contributed by atoms with Crippen molar-refractivity contribution < 1.29 is 4.79 Å². The number of benzene rings is 2. The van der Waals surface area contributed by atoms with E-state index in [0.717, 1.165) is 49.6 Å². The van der Waals surface area contributed by atoms with E-state index in [4.69, 9.17) is 0 Å². The van der Waals surface area contributed by atoms with Crippen molar-refractivity contribution in [2.75, 3.05) is 0 Å². The normalized spacial score (nSPS) is 14.3. The molecule has 0 atom stereocenters. The van der Waals surface area contributed by atoms with Crippen LogP contribution in [0, 0.1) is 0 Å². The van der Waals surface area contributed by atoms with E-state index in [9.17, 15) is 9.59 Å². The van der Waals surface area contributed by atoms with E-state index in [0.29, 0.717) is 18.4 Å². The molecule has 0 saturated heterocycles. The second-order valence-corrected chi connectivity index (χ2v) is 7.80. The topological polar surface area (TPSA) is 64.0 Å². The fraction of sp³-hybridized carbons (Fsp3) is 0.375. The van der Waals surface area contributed by atoms with Crippen molar-refractivity contribution in [2.24, 2.45) is 0 Å². The predicted molar refractivity (Wildman–Crippen MR) is 115 cm³/mol. The molecule has 0 aliphatic heterocycles. The van der Waals surface area contributed by atoms with Crippen LogP contribution in [0.25, 0.3) is 10.8 Å². The van der Waals surface area contributed by atoms with Crippen LogP contribution in [-0.2, 0) is 17.8 Å². The number of rotatable bonds is 7. The van der Waals surface area contributed by atoms with E-state index in [1.54, 1.807) is 4.68 Å². The number of amides is 1. The SMILES string of the molecule is O=C(CCCc1ccccc1)NCc1nn(C2CCCC2)c(=O)c2ccccc12. The molecule has 4 rings (SSSR count). The molecule has 0 bridgehead atoms. The van der Waals surface area contributed by atoms with Crippen molar-refractivity contribution in [2.45, 2.75) is 57.5 Å². The Bertz CT molecular complexity index is 1040. The summed E-state index contributed by atoms with van der Waals surface area (Å²) >= 11 is 0. The lowest BCUT2D eigenvalue weighted by Gasteiger charge is -2.16. The number of fused-ring (bicyclic) bond motifs is 1. The summed E-state index contributed by atoms with van der Waals surface area (Å²) in [6.07, 6.45) is 6.45. The highest BCUT2D eigenvalue weighted by molar-refractivity contribution is 5.84. The molecule has 2 aromatic carbocycles. The van der Waals surface area contributed by atoms with Gasteiger partial charge in [-0.05, 0) is 37.3 Å². The van der Waals surface area contributed by atoms with Gasteiger partial charge in [-0.1, -0.05) is 61.4 Å². The lowest BCUT2D eigenvalue weighted by molar-refractivity contribution is -0.121. The number of aromatic nitrogens is 2. The Hall–Kier alpha value is -2.95. The first-order chi connectivity index (χ1) is 14.2. The van der Waals surface area contributed by atoms with E-state index in [-0.39, 0.29) is 17.5 Å². The molecule has 1 aliphatic carbocycles. The summed E-state index contributed by atoms with van der Waals surface area (Å²) in [5.74, 6) is 0.0189. The monoisotopic (exact) mass is 389 g/mol. The Morgan fingerprint density at radius 3 is 2.45 bits per heavy atom. The lowest BCUT2D eigenvalue weighted by atomic mass is 10.1. The van der Waals surface area contributed by atoms with Gasteiger partial charge >= 0.3 is 0 Å². The van der Waals surface area contributed by atoms with E-state index >= 15 is 0 Å². The van der Waals surface area contributed by atoms with Gasteiger partial charge in [0.05, 0.1) is 23.7 Å². The quantitative estimate of drug-likeness (QED) is 0.660. The predicted octanol–water partition coefficient (Wildman–Crippen LogP) is 4.15. The molecule has 3 aromatic rings. The lowest BCUT2D eigenvalue weighted by Crippen LogP contribution is -2.30. The minimum absolute atomic E-state index is 0.0189. The fourth-order valence-electron chi connectivity index (χ4n) is 4.17. The molecule has 1 N–H and O–H groups in total. The Morgan fingerprint density at radius 1 is 1.00 bits per heavy atom. The zero-order chi connectivity index (χ0) is 20.1. The number of hydrogen-bond acceptors (Lipinski definition) is 3. The molecule has 1 saturated carbocycles. The van der Waals surface area contributed by atoms with E-state index < -0.39 is 0 Å². The second kappa shape index (κ2) is 9.03. The van der Waals surface area contributed by atoms with Crippen molar-refractivity contribution in [1.82, 2.24) is 15.1 Å². The van der Waals surface area contributed by atoms with Crippen LogP contribution >= 0.6 is 0 Å². The molecule has 0 spiro atoms. The van der Waals surface area contributed by atoms with Gasteiger partial charge in [0.2, 0.25) is 5.91 Å². The maximum atomic E-state index is 12.9. The molecule has 5 heteroatoms. The van der Waals surface area contributed by atoms with Crippen molar-refractivity contribution >= 4 is 16.7 Å². The Kier molecular flexibility index (Phi) is 6.03. The third-order valence-electron chi connectivity index (χ3n) is 5.74. The number of carbonyl (C=O) groups is 1. The van der Waals surface area contributed by atoms with Crippen LogP contribution in [0.4, 0.5) is 0 Å². The molecular formula is C24H27N3O2. The smallest absolute Gasteiger partial charge is 0.274 e. The number of aryl methyl sites for hydroxylation is 1. The van der Waals surface area contributed by atoms with Crippen LogP contribution < -0.4 is 10.9 Å². The van der Waals surface area contributed by atoms with Gasteiger partial charge in [0.25, 0.3) is 5.56 Å². The van der Waals surface area contributed by atoms with Gasteiger partial charge in [-0.25, -0.2) is 4.68 Å². The molecule has 5 nitrogen and oxygen atoms in total. The minimum Gasteiger partial charge on any atom is -0.350 e. The first kappa shape index (κ1) is 19.4. The Morgan fingerprint density at radius 2 is 1.69 bits per heavy atom. The fourth-order valence-corrected chi connectivity index (χ4v) is 4.17. The molecule has 1 heterocycles. The second-order valence-electron chi connectivity index (χ2n) is 7.80. The summed E-state index contributed by atoms with van der Waals surface area (Å²) in [5.41, 5.74) is 1.99. The van der Waals surface area contributed by atoms with Gasteiger partial charge in [-0.2, -0.15) is 5.10 Å². The van der Waals surface area contributed by atoms with Gasteiger partial charge in [-0.15, -0.1) is 0 Å². The van der Waals surface area contributed by atoms with Crippen LogP contribution in [-0.4, -0.2) is 15.7 Å². The summed E-state index contributed by atoms with van der Waals surface area (Å²) in [4.78, 5) is 25.2. The zero-order valence-corrected chi connectivity index (χ0v) is 16.6. The summed E-state index contributed by atoms with van der Waals surface area (Å²) in [7, 11) is 0. The van der Waals surface area contributed by atoms with Crippen LogP contribution in [0.1, 0.15) is 55.8 Å². The Balaban J connectivity index is 1.45. The first-order valence-electron chi connectivity index (χ1n) is 10.5. The number of carbonyl (C=O) groups excluding carboxylic acids is 1. The van der Waals surface area contributed by atoms with Crippen LogP contribution in [0.2, 0.25) is 0 Å². The first-order valence-corrected chi connectivity index (χ1v) is 10.5. The number of hydrogen-bond donors (Lipinski definition) is 1. The van der Waals surface area contributed by atoms with Crippen molar-refractivity contribution in [1.29, 1.82) is 0 Å². The third-order valence-corrected chi connectivity index (χ3v) is 5.74. The maximum absolute atomic E-state index is 12.9. The van der Waals surface area contributed by atoms with Gasteiger partial charge < -0.3 is 5.32 Å². The Labute approximate surface area is 170 Å². The summed E-state index contributed by atoms with van der Waals surface area (Å²) in [5, 5.41) is 9.18. The van der Waals surface area contributed by atoms with Crippen molar-refractivity contribution in [3.8, 4) is 0 Å². The van der Waals surface area contributed by atoms with E-state index in [1.807, 2.05) is 42.5 Å². The highest BCUT2D eigenvalue weighted by atomic mass is 16.1. The van der Waals surface area contributed by atoms with Crippen molar-refractivity contribution in [3.63, 3.8) is 0 Å². The summed E-state index contributed by atoms with van der Waals surface area (Å²) < 4.78 is 1.66. The van der Waals surface area contributed by atoms with Crippen molar-refractivity contribution in [3.05, 3.63) is 76.2 Å². The average Bonchev–Trinajstić information content (AvgIpc) is 3.29. The molecule has 0 unspecified atom stereocenters. The highest BCUT2D eigenvalue weighted by Crippen LogP contribution is 2.28. The summed E-state index contributed by atoms with van der Waals surface area (Å²) in [6.45, 7) is 0.345. The number of nitrogens with one attached hydrogen (secondary N) is 1. The zero-order valence-electron chi connectivity index (χ0n) is 16.6. The molecule has 150 valence electrons. The minimum atomic E-state index is -0.0227. The molecule has 1 aromatic heterocycles. The van der Waals surface area contributed by atoms with Gasteiger partial charge in [-0.3, -0.25) is 9.59 Å². The molecule has 1 fully saturated rings. The maximum Gasteiger partial charge on any atom is 0.274 e. The van der Waals surface area contributed by atoms with Gasteiger partial charge in [0.15, 0.2) is 0 Å². The van der Waals surface area contributed by atoms with Crippen LogP contribution in [0.15, 0.2) is 59.4 Å². The largest absolute Gasteiger partial charge is 0.350 e. The van der Waals surface area contributed by atoms with E-state index in [2.05, 4.69) is 22.5 Å². The molecule has 0 radical (unpaired) electrons. The standard InChI is InChI=1S/C24H27N3O2/c28-23(16-8-11-18-9-2-1-3-10-18)25-17-22-20-14-6-7-15-21(20)24(29)27(26-22)19-12-4-5-13-19/h1-3,6-7,9-10,14-15,19H,4-5,8,11-13,16-17H2,(H,25,28). The number of nitrogens with zero attached hydrogens (tertiary/aromatic N) is 2. The van der Waals surface area contributed by atoms with E-state index in [1.165, 1.54) is 5.56 Å².